The summed E-state index contributed by atoms with van der Waals surface area (Å²) in [5.74, 6) is -0.206. The van der Waals surface area contributed by atoms with Crippen molar-refractivity contribution in [2.24, 2.45) is 0 Å². The van der Waals surface area contributed by atoms with Gasteiger partial charge in [0.25, 0.3) is 15.9 Å². The first kappa shape index (κ1) is 18.9. The number of halogens is 1. The smallest absolute Gasteiger partial charge is 0.261 e. The molecule has 0 spiro atoms. The number of amides is 1. The zero-order valence-corrected chi connectivity index (χ0v) is 16.3. The van der Waals surface area contributed by atoms with Crippen molar-refractivity contribution in [1.29, 1.82) is 0 Å². The molecule has 2 N–H and O–H groups in total. The topological polar surface area (TPSA) is 84.5 Å². The number of sulfonamides is 1. The zero-order valence-electron chi connectivity index (χ0n) is 13.9. The normalized spacial score (nSPS) is 17.0. The SMILES string of the molecule is O=C(NCC1CCCO1)c1ccc(NS(=O)(=O)c2ccc(Br)cc2)cc1. The average molecular weight is 439 g/mol. The third-order valence-corrected chi connectivity index (χ3v) is 5.96. The lowest BCUT2D eigenvalue weighted by molar-refractivity contribution is 0.0858. The minimum atomic E-state index is -3.67. The minimum Gasteiger partial charge on any atom is -0.376 e. The number of anilines is 1. The van der Waals surface area contributed by atoms with Gasteiger partial charge in [-0.2, -0.15) is 0 Å². The number of benzene rings is 2. The second-order valence-electron chi connectivity index (χ2n) is 5.98. The van der Waals surface area contributed by atoms with Crippen molar-refractivity contribution in [2.45, 2.75) is 23.8 Å². The Bertz CT molecular complexity index is 861. The van der Waals surface area contributed by atoms with E-state index in [1.165, 1.54) is 12.1 Å². The Kier molecular flexibility index (Phi) is 5.95. The molecule has 26 heavy (non-hydrogen) atoms. The van der Waals surface area contributed by atoms with Crippen molar-refractivity contribution in [3.8, 4) is 0 Å². The van der Waals surface area contributed by atoms with Gasteiger partial charge in [0.2, 0.25) is 0 Å². The van der Waals surface area contributed by atoms with Crippen molar-refractivity contribution in [3.05, 3.63) is 58.6 Å². The van der Waals surface area contributed by atoms with Gasteiger partial charge in [-0.05, 0) is 61.4 Å². The van der Waals surface area contributed by atoms with Crippen LogP contribution in [0.1, 0.15) is 23.2 Å². The Labute approximate surface area is 161 Å². The zero-order chi connectivity index (χ0) is 18.6. The summed E-state index contributed by atoms with van der Waals surface area (Å²) in [5, 5.41) is 2.83. The van der Waals surface area contributed by atoms with E-state index in [1.807, 2.05) is 0 Å². The molecule has 138 valence electrons. The van der Waals surface area contributed by atoms with Crippen LogP contribution in [0.3, 0.4) is 0 Å². The third kappa shape index (κ3) is 4.84. The van der Waals surface area contributed by atoms with Gasteiger partial charge in [0.15, 0.2) is 0 Å². The standard InChI is InChI=1S/C18H19BrN2O4S/c19-14-5-9-17(10-6-14)26(23,24)21-15-7-3-13(4-8-15)18(22)20-12-16-2-1-11-25-16/h3-10,16,21H,1-2,11-12H2,(H,20,22). The predicted octanol–water partition coefficient (Wildman–Crippen LogP) is 3.16. The molecule has 1 fully saturated rings. The molecule has 1 aliphatic rings. The molecular formula is C18H19BrN2O4S. The van der Waals surface area contributed by atoms with Crippen molar-refractivity contribution >= 4 is 37.5 Å². The largest absolute Gasteiger partial charge is 0.376 e. The van der Waals surface area contributed by atoms with E-state index < -0.39 is 10.0 Å². The van der Waals surface area contributed by atoms with E-state index in [2.05, 4.69) is 26.0 Å². The lowest BCUT2D eigenvalue weighted by atomic mass is 10.2. The predicted molar refractivity (Wildman–Crippen MR) is 103 cm³/mol. The lowest BCUT2D eigenvalue weighted by Crippen LogP contribution is -2.31. The number of hydrogen-bond acceptors (Lipinski definition) is 4. The van der Waals surface area contributed by atoms with E-state index in [1.54, 1.807) is 36.4 Å². The number of carbonyl (C=O) groups excluding carboxylic acids is 1. The van der Waals surface area contributed by atoms with Crippen LogP contribution in [-0.2, 0) is 14.8 Å². The van der Waals surface area contributed by atoms with E-state index in [4.69, 9.17) is 4.74 Å². The Morgan fingerprint density at radius 2 is 1.81 bits per heavy atom. The molecule has 1 saturated heterocycles. The summed E-state index contributed by atoms with van der Waals surface area (Å²) < 4.78 is 33.5. The highest BCUT2D eigenvalue weighted by molar-refractivity contribution is 9.10. The van der Waals surface area contributed by atoms with Crippen molar-refractivity contribution in [1.82, 2.24) is 5.32 Å². The maximum Gasteiger partial charge on any atom is 0.261 e. The molecule has 1 atom stereocenters. The molecule has 1 aliphatic heterocycles. The third-order valence-electron chi connectivity index (χ3n) is 4.04. The van der Waals surface area contributed by atoms with Crippen LogP contribution in [0.2, 0.25) is 0 Å². The van der Waals surface area contributed by atoms with Gasteiger partial charge in [-0.1, -0.05) is 15.9 Å². The second kappa shape index (κ2) is 8.20. The quantitative estimate of drug-likeness (QED) is 0.725. The van der Waals surface area contributed by atoms with Crippen molar-refractivity contribution in [2.75, 3.05) is 17.9 Å². The monoisotopic (exact) mass is 438 g/mol. The van der Waals surface area contributed by atoms with Gasteiger partial charge in [-0.15, -0.1) is 0 Å². The lowest BCUT2D eigenvalue weighted by Gasteiger charge is -2.11. The highest BCUT2D eigenvalue weighted by Gasteiger charge is 2.17. The maximum absolute atomic E-state index is 12.4. The van der Waals surface area contributed by atoms with Gasteiger partial charge < -0.3 is 10.1 Å². The van der Waals surface area contributed by atoms with E-state index in [-0.39, 0.29) is 16.9 Å². The molecule has 1 amide bonds. The first-order valence-electron chi connectivity index (χ1n) is 8.22. The summed E-state index contributed by atoms with van der Waals surface area (Å²) in [5.41, 5.74) is 0.859. The summed E-state index contributed by atoms with van der Waals surface area (Å²) >= 11 is 3.27. The van der Waals surface area contributed by atoms with Gasteiger partial charge in [0, 0.05) is 28.9 Å². The summed E-state index contributed by atoms with van der Waals surface area (Å²) in [6, 6.07) is 12.7. The van der Waals surface area contributed by atoms with Crippen LogP contribution in [0.15, 0.2) is 57.9 Å². The molecule has 6 nitrogen and oxygen atoms in total. The van der Waals surface area contributed by atoms with E-state index >= 15 is 0 Å². The van der Waals surface area contributed by atoms with Crippen molar-refractivity contribution in [3.63, 3.8) is 0 Å². The van der Waals surface area contributed by atoms with Crippen LogP contribution in [0.5, 0.6) is 0 Å². The molecule has 2 aromatic rings. The molecule has 0 aromatic heterocycles. The number of ether oxygens (including phenoxy) is 1. The number of carbonyl (C=O) groups is 1. The van der Waals surface area contributed by atoms with Gasteiger partial charge in [0.1, 0.15) is 0 Å². The molecule has 1 heterocycles. The van der Waals surface area contributed by atoms with Gasteiger partial charge in [-0.25, -0.2) is 8.42 Å². The number of nitrogens with one attached hydrogen (secondary N) is 2. The van der Waals surface area contributed by atoms with Crippen LogP contribution in [0, 0.1) is 0 Å². The fourth-order valence-electron chi connectivity index (χ4n) is 2.63. The molecule has 0 aliphatic carbocycles. The summed E-state index contributed by atoms with van der Waals surface area (Å²) in [4.78, 5) is 12.3. The fourth-order valence-corrected chi connectivity index (χ4v) is 3.95. The Morgan fingerprint density at radius 3 is 2.42 bits per heavy atom. The van der Waals surface area contributed by atoms with Gasteiger partial charge >= 0.3 is 0 Å². The fraction of sp³-hybridized carbons (Fsp3) is 0.278. The summed E-state index contributed by atoms with van der Waals surface area (Å²) in [6.07, 6.45) is 2.06. The summed E-state index contributed by atoms with van der Waals surface area (Å²) in [7, 11) is -3.67. The molecular weight excluding hydrogens is 420 g/mol. The van der Waals surface area contributed by atoms with Gasteiger partial charge in [-0.3, -0.25) is 9.52 Å². The molecule has 3 rings (SSSR count). The summed E-state index contributed by atoms with van der Waals surface area (Å²) in [6.45, 7) is 1.23. The Morgan fingerprint density at radius 1 is 1.12 bits per heavy atom. The highest BCUT2D eigenvalue weighted by Crippen LogP contribution is 2.19. The van der Waals surface area contributed by atoms with Crippen LogP contribution < -0.4 is 10.0 Å². The molecule has 2 aromatic carbocycles. The van der Waals surface area contributed by atoms with Crippen LogP contribution in [0.25, 0.3) is 0 Å². The van der Waals surface area contributed by atoms with Gasteiger partial charge in [0.05, 0.1) is 11.0 Å². The first-order valence-corrected chi connectivity index (χ1v) is 10.5. The minimum absolute atomic E-state index is 0.0796. The first-order chi connectivity index (χ1) is 12.4. The number of rotatable bonds is 6. The molecule has 8 heteroatoms. The number of hydrogen-bond donors (Lipinski definition) is 2. The molecule has 0 saturated carbocycles. The molecule has 0 bridgehead atoms. The maximum atomic E-state index is 12.4. The van der Waals surface area contributed by atoms with Crippen molar-refractivity contribution < 1.29 is 17.9 Å². The molecule has 1 unspecified atom stereocenters. The van der Waals surface area contributed by atoms with E-state index in [9.17, 15) is 13.2 Å². The second-order valence-corrected chi connectivity index (χ2v) is 8.58. The van der Waals surface area contributed by atoms with Crippen LogP contribution in [-0.4, -0.2) is 33.6 Å². The van der Waals surface area contributed by atoms with Crippen LogP contribution in [0.4, 0.5) is 5.69 Å². The average Bonchev–Trinajstić information content (AvgIpc) is 3.14. The van der Waals surface area contributed by atoms with Crippen LogP contribution >= 0.6 is 15.9 Å². The molecule has 0 radical (unpaired) electrons. The Hall–Kier alpha value is -1.90. The highest BCUT2D eigenvalue weighted by atomic mass is 79.9. The van der Waals surface area contributed by atoms with E-state index in [0.29, 0.717) is 17.8 Å². The Balaban J connectivity index is 1.61. The van der Waals surface area contributed by atoms with E-state index in [0.717, 1.165) is 23.9 Å².